The number of hydrogen-bond donors (Lipinski definition) is 0. The summed E-state index contributed by atoms with van der Waals surface area (Å²) in [6, 6.07) is 57.9. The summed E-state index contributed by atoms with van der Waals surface area (Å²) >= 11 is 1.89. The second-order valence-electron chi connectivity index (χ2n) is 13.4. The molecule has 9 aromatic rings. The van der Waals surface area contributed by atoms with Crippen molar-refractivity contribution in [1.29, 1.82) is 0 Å². The number of fused-ring (bicyclic) bond motifs is 9. The van der Waals surface area contributed by atoms with Crippen LogP contribution in [0.25, 0.3) is 58.8 Å². The molecule has 0 spiro atoms. The first-order valence-corrected chi connectivity index (χ1v) is 17.4. The van der Waals surface area contributed by atoms with Gasteiger partial charge in [0, 0.05) is 48.7 Å². The summed E-state index contributed by atoms with van der Waals surface area (Å²) < 4.78 is 5.16. The van der Waals surface area contributed by atoms with Crippen LogP contribution >= 0.6 is 11.3 Å². The van der Waals surface area contributed by atoms with Crippen molar-refractivity contribution in [3.8, 4) is 16.8 Å². The van der Waals surface area contributed by atoms with E-state index >= 15 is 0 Å². The van der Waals surface area contributed by atoms with Gasteiger partial charge in [-0.05, 0) is 89.0 Å². The lowest BCUT2D eigenvalue weighted by molar-refractivity contribution is 0.661. The van der Waals surface area contributed by atoms with Crippen LogP contribution in [-0.2, 0) is 5.41 Å². The van der Waals surface area contributed by atoms with Gasteiger partial charge in [-0.2, -0.15) is 0 Å². The van der Waals surface area contributed by atoms with Crippen LogP contribution < -0.4 is 4.90 Å². The van der Waals surface area contributed by atoms with Gasteiger partial charge in [-0.25, -0.2) is 0 Å². The molecule has 3 heteroatoms. The summed E-state index contributed by atoms with van der Waals surface area (Å²) in [6.45, 7) is 4.76. The molecule has 0 N–H and O–H groups in total. The summed E-state index contributed by atoms with van der Waals surface area (Å²) in [5.74, 6) is 0. The molecular formula is C45H32N2S. The summed E-state index contributed by atoms with van der Waals surface area (Å²) in [6.07, 6.45) is 0. The van der Waals surface area contributed by atoms with E-state index in [-0.39, 0.29) is 5.41 Å². The first kappa shape index (κ1) is 27.5. The van der Waals surface area contributed by atoms with E-state index in [0.29, 0.717) is 0 Å². The Morgan fingerprint density at radius 1 is 0.479 bits per heavy atom. The molecule has 1 aliphatic carbocycles. The standard InChI is InChI=1S/C45H32N2S/c1-45(2)38-25-24-31(46(29-14-5-3-6-15-29)30-16-7-4-8-17-30)26-35(38)36-28-42-37(27-39(36)45)32-18-9-11-21-40(32)47(42)41-22-13-20-34-33-19-10-12-23-43(33)48-44(34)41/h3-28H,1-2H3. The topological polar surface area (TPSA) is 8.17 Å². The molecule has 1 aliphatic rings. The SMILES string of the molecule is CC1(C)c2ccc(N(c3ccccc3)c3ccccc3)cc2-c2cc3c(cc21)c1ccccc1n3-c1cccc2c1sc1ccccc12. The van der Waals surface area contributed by atoms with Crippen LogP contribution in [0.1, 0.15) is 25.0 Å². The largest absolute Gasteiger partial charge is 0.310 e. The summed E-state index contributed by atoms with van der Waals surface area (Å²) in [7, 11) is 0. The van der Waals surface area contributed by atoms with E-state index in [4.69, 9.17) is 0 Å². The number of para-hydroxylation sites is 3. The van der Waals surface area contributed by atoms with Crippen LogP contribution in [-0.4, -0.2) is 4.57 Å². The molecule has 0 saturated heterocycles. The van der Waals surface area contributed by atoms with Gasteiger partial charge in [0.25, 0.3) is 0 Å². The third-order valence-electron chi connectivity index (χ3n) is 10.4. The highest BCUT2D eigenvalue weighted by molar-refractivity contribution is 7.26. The molecule has 228 valence electrons. The maximum atomic E-state index is 2.51. The van der Waals surface area contributed by atoms with Crippen LogP contribution in [0.5, 0.6) is 0 Å². The van der Waals surface area contributed by atoms with E-state index < -0.39 is 0 Å². The van der Waals surface area contributed by atoms with Crippen molar-refractivity contribution in [2.75, 3.05) is 4.90 Å². The minimum atomic E-state index is -0.129. The molecule has 0 atom stereocenters. The normalized spacial score (nSPS) is 13.4. The molecule has 0 fully saturated rings. The molecule has 0 aliphatic heterocycles. The predicted octanol–water partition coefficient (Wildman–Crippen LogP) is 12.9. The molecule has 2 aromatic heterocycles. The van der Waals surface area contributed by atoms with Crippen LogP contribution in [0.3, 0.4) is 0 Å². The Hall–Kier alpha value is -5.64. The molecule has 0 bridgehead atoms. The highest BCUT2D eigenvalue weighted by Gasteiger charge is 2.37. The van der Waals surface area contributed by atoms with Gasteiger partial charge >= 0.3 is 0 Å². The zero-order chi connectivity index (χ0) is 32.0. The molecule has 0 unspecified atom stereocenters. The Labute approximate surface area is 283 Å². The number of benzene rings is 7. The van der Waals surface area contributed by atoms with Gasteiger partial charge < -0.3 is 9.47 Å². The van der Waals surface area contributed by atoms with Gasteiger partial charge in [-0.1, -0.05) is 105 Å². The molecule has 48 heavy (non-hydrogen) atoms. The van der Waals surface area contributed by atoms with Crippen molar-refractivity contribution >= 4 is 70.4 Å². The van der Waals surface area contributed by atoms with E-state index in [1.165, 1.54) is 69.9 Å². The quantitative estimate of drug-likeness (QED) is 0.187. The minimum absolute atomic E-state index is 0.129. The third-order valence-corrected chi connectivity index (χ3v) is 11.6. The van der Waals surface area contributed by atoms with Crippen LogP contribution in [0.2, 0.25) is 0 Å². The van der Waals surface area contributed by atoms with Crippen molar-refractivity contribution in [2.24, 2.45) is 0 Å². The monoisotopic (exact) mass is 632 g/mol. The predicted molar refractivity (Wildman–Crippen MR) is 206 cm³/mol. The lowest BCUT2D eigenvalue weighted by Gasteiger charge is -2.27. The number of thiophene rings is 1. The van der Waals surface area contributed by atoms with Gasteiger partial charge in [-0.3, -0.25) is 0 Å². The van der Waals surface area contributed by atoms with E-state index in [0.717, 1.165) is 17.1 Å². The molecule has 7 aromatic carbocycles. The van der Waals surface area contributed by atoms with Crippen molar-refractivity contribution in [2.45, 2.75) is 19.3 Å². The number of aromatic nitrogens is 1. The first-order valence-electron chi connectivity index (χ1n) is 16.6. The van der Waals surface area contributed by atoms with E-state index in [2.05, 4.69) is 181 Å². The fourth-order valence-electron chi connectivity index (χ4n) is 8.11. The lowest BCUT2D eigenvalue weighted by atomic mass is 9.82. The van der Waals surface area contributed by atoms with Gasteiger partial charge in [0.2, 0.25) is 0 Å². The maximum Gasteiger partial charge on any atom is 0.0640 e. The van der Waals surface area contributed by atoms with Gasteiger partial charge in [0.15, 0.2) is 0 Å². The zero-order valence-electron chi connectivity index (χ0n) is 26.8. The Morgan fingerprint density at radius 2 is 1.12 bits per heavy atom. The Morgan fingerprint density at radius 3 is 1.90 bits per heavy atom. The Bertz CT molecular complexity index is 2660. The molecule has 0 radical (unpaired) electrons. The van der Waals surface area contributed by atoms with Crippen LogP contribution in [0.15, 0.2) is 158 Å². The average Bonchev–Trinajstić information content (AvgIpc) is 3.74. The van der Waals surface area contributed by atoms with Crippen LogP contribution in [0, 0.1) is 0 Å². The van der Waals surface area contributed by atoms with E-state index in [1.807, 2.05) is 11.3 Å². The minimum Gasteiger partial charge on any atom is -0.310 e. The average molecular weight is 633 g/mol. The number of rotatable bonds is 4. The number of hydrogen-bond acceptors (Lipinski definition) is 2. The summed E-state index contributed by atoms with van der Waals surface area (Å²) in [4.78, 5) is 2.36. The molecular weight excluding hydrogens is 601 g/mol. The van der Waals surface area contributed by atoms with Crippen LogP contribution in [0.4, 0.5) is 17.1 Å². The van der Waals surface area contributed by atoms with E-state index in [1.54, 1.807) is 0 Å². The highest BCUT2D eigenvalue weighted by atomic mass is 32.1. The summed E-state index contributed by atoms with van der Waals surface area (Å²) in [5.41, 5.74) is 12.4. The fourth-order valence-corrected chi connectivity index (χ4v) is 9.31. The van der Waals surface area contributed by atoms with Gasteiger partial charge in [0.05, 0.1) is 21.4 Å². The van der Waals surface area contributed by atoms with Crippen molar-refractivity contribution < 1.29 is 0 Å². The molecule has 10 rings (SSSR count). The van der Waals surface area contributed by atoms with Gasteiger partial charge in [0.1, 0.15) is 0 Å². The fraction of sp³-hybridized carbons (Fsp3) is 0.0667. The van der Waals surface area contributed by atoms with Crippen molar-refractivity contribution in [3.05, 3.63) is 169 Å². The Balaban J connectivity index is 1.25. The highest BCUT2D eigenvalue weighted by Crippen LogP contribution is 2.53. The molecule has 2 heterocycles. The first-order chi connectivity index (χ1) is 23.6. The molecule has 0 saturated carbocycles. The molecule has 2 nitrogen and oxygen atoms in total. The van der Waals surface area contributed by atoms with Gasteiger partial charge in [-0.15, -0.1) is 11.3 Å². The second kappa shape index (κ2) is 10.2. The number of nitrogens with zero attached hydrogens (tertiary/aromatic N) is 2. The molecule has 0 amide bonds. The number of anilines is 3. The van der Waals surface area contributed by atoms with Crippen molar-refractivity contribution in [1.82, 2.24) is 4.57 Å². The second-order valence-corrected chi connectivity index (χ2v) is 14.4. The third kappa shape index (κ3) is 3.85. The maximum absolute atomic E-state index is 2.51. The Kier molecular flexibility index (Phi) is 5.82. The lowest BCUT2D eigenvalue weighted by Crippen LogP contribution is -2.15. The van der Waals surface area contributed by atoms with Crippen molar-refractivity contribution in [3.63, 3.8) is 0 Å². The summed E-state index contributed by atoms with van der Waals surface area (Å²) in [5, 5.41) is 5.24. The zero-order valence-corrected chi connectivity index (χ0v) is 27.6. The smallest absolute Gasteiger partial charge is 0.0640 e. The van der Waals surface area contributed by atoms with E-state index in [9.17, 15) is 0 Å².